The van der Waals surface area contributed by atoms with Crippen molar-refractivity contribution in [3.8, 4) is 5.75 Å². The lowest BCUT2D eigenvalue weighted by Gasteiger charge is -2.21. The average Bonchev–Trinajstić information content (AvgIpc) is 3.52. The second kappa shape index (κ2) is 8.59. The van der Waals surface area contributed by atoms with E-state index in [1.807, 2.05) is 42.5 Å². The van der Waals surface area contributed by atoms with Crippen molar-refractivity contribution in [3.63, 3.8) is 0 Å². The number of carbonyl (C=O) groups excluding carboxylic acids is 1. The molecule has 0 aliphatic carbocycles. The topological polar surface area (TPSA) is 110 Å². The number of amides is 1. The highest BCUT2D eigenvalue weighted by atomic mass is 16.6. The highest BCUT2D eigenvalue weighted by molar-refractivity contribution is 6.43. The van der Waals surface area contributed by atoms with E-state index in [1.165, 1.54) is 0 Å². The van der Waals surface area contributed by atoms with Crippen LogP contribution in [0.25, 0.3) is 11.0 Å². The van der Waals surface area contributed by atoms with Crippen LogP contribution in [-0.2, 0) is 32.9 Å². The first-order valence-corrected chi connectivity index (χ1v) is 10.6. The summed E-state index contributed by atoms with van der Waals surface area (Å²) in [5.41, 5.74) is 3.28. The van der Waals surface area contributed by atoms with Crippen LogP contribution in [0.4, 0.5) is 0 Å². The fourth-order valence-corrected chi connectivity index (χ4v) is 4.45. The van der Waals surface area contributed by atoms with Gasteiger partial charge in [-0.05, 0) is 41.3 Å². The van der Waals surface area contributed by atoms with Crippen molar-refractivity contribution in [3.05, 3.63) is 65.4 Å². The Balaban J connectivity index is 1.20. The maximum atomic E-state index is 12.4. The van der Waals surface area contributed by atoms with Gasteiger partial charge in [-0.3, -0.25) is 4.79 Å². The molecular formula is C23H24BNO7. The molecule has 2 aliphatic rings. The van der Waals surface area contributed by atoms with Gasteiger partial charge in [-0.2, -0.15) is 0 Å². The zero-order valence-corrected chi connectivity index (χ0v) is 17.5. The van der Waals surface area contributed by atoms with E-state index in [9.17, 15) is 14.8 Å². The fourth-order valence-electron chi connectivity index (χ4n) is 4.45. The number of carbonyl (C=O) groups is 1. The molecule has 166 valence electrons. The predicted molar refractivity (Wildman–Crippen MR) is 116 cm³/mol. The molecule has 5 rings (SSSR count). The first kappa shape index (κ1) is 21.0. The molecule has 1 aromatic heterocycles. The minimum Gasteiger partial charge on any atom is -0.484 e. The summed E-state index contributed by atoms with van der Waals surface area (Å²) < 4.78 is 22.6. The maximum absolute atomic E-state index is 12.4. The minimum absolute atomic E-state index is 0.209. The lowest BCUT2D eigenvalue weighted by atomic mass is 9.76. The molecule has 8 nitrogen and oxygen atoms in total. The highest BCUT2D eigenvalue weighted by Gasteiger charge is 2.43. The number of para-hydroxylation sites is 1. The van der Waals surface area contributed by atoms with Gasteiger partial charge in [0, 0.05) is 18.4 Å². The van der Waals surface area contributed by atoms with Gasteiger partial charge >= 0.3 is 7.12 Å². The third kappa shape index (κ3) is 4.00. The summed E-state index contributed by atoms with van der Waals surface area (Å²) >= 11 is 0. The van der Waals surface area contributed by atoms with Crippen LogP contribution in [0.1, 0.15) is 23.1 Å². The van der Waals surface area contributed by atoms with Crippen LogP contribution in [0.2, 0.25) is 0 Å². The van der Waals surface area contributed by atoms with Crippen molar-refractivity contribution < 1.29 is 33.5 Å². The van der Waals surface area contributed by atoms with Crippen molar-refractivity contribution in [1.29, 1.82) is 0 Å². The minimum atomic E-state index is -1.73. The molecule has 1 amide bonds. The lowest BCUT2D eigenvalue weighted by Crippen LogP contribution is -2.49. The van der Waals surface area contributed by atoms with E-state index in [4.69, 9.17) is 18.6 Å². The third-order valence-electron chi connectivity index (χ3n) is 6.13. The molecule has 0 radical (unpaired) electrons. The van der Waals surface area contributed by atoms with Crippen LogP contribution in [-0.4, -0.2) is 48.8 Å². The Hall–Kier alpha value is -2.85. The molecule has 3 N–H and O–H groups in total. The Labute approximate surface area is 185 Å². The van der Waals surface area contributed by atoms with Crippen LogP contribution in [0.15, 0.2) is 53.1 Å². The summed E-state index contributed by atoms with van der Waals surface area (Å²) in [6.45, 7) is 1.48. The number of benzene rings is 2. The summed E-state index contributed by atoms with van der Waals surface area (Å²) in [6, 6.07) is 13.1. The van der Waals surface area contributed by atoms with E-state index in [0.29, 0.717) is 31.2 Å². The maximum Gasteiger partial charge on any atom is 0.475 e. The fraction of sp³-hybridized carbons (Fsp3) is 0.348. The van der Waals surface area contributed by atoms with E-state index >= 15 is 0 Å². The van der Waals surface area contributed by atoms with Gasteiger partial charge < -0.3 is 34.0 Å². The van der Waals surface area contributed by atoms with Gasteiger partial charge in [0.25, 0.3) is 5.91 Å². The number of hydrogen-bond donors (Lipinski definition) is 3. The first-order valence-electron chi connectivity index (χ1n) is 10.6. The van der Waals surface area contributed by atoms with E-state index in [-0.39, 0.29) is 18.6 Å². The van der Waals surface area contributed by atoms with Crippen LogP contribution < -0.4 is 10.1 Å². The molecule has 2 atom stereocenters. The Morgan fingerprint density at radius 3 is 2.94 bits per heavy atom. The molecule has 3 aromatic rings. The summed E-state index contributed by atoms with van der Waals surface area (Å²) in [4.78, 5) is 12.4. The van der Waals surface area contributed by atoms with Gasteiger partial charge in [0.05, 0.1) is 25.4 Å². The Morgan fingerprint density at radius 2 is 2.12 bits per heavy atom. The SMILES string of the molecule is O=C(COc1ccc2c(c1)COC21CCOC1)N[C@@H](Cc1coc2ccccc12)B(O)O. The van der Waals surface area contributed by atoms with Crippen LogP contribution >= 0.6 is 0 Å². The normalized spacial score (nSPS) is 20.4. The van der Waals surface area contributed by atoms with Gasteiger partial charge in [0.2, 0.25) is 0 Å². The van der Waals surface area contributed by atoms with E-state index in [0.717, 1.165) is 28.5 Å². The molecule has 0 saturated carbocycles. The van der Waals surface area contributed by atoms with Crippen molar-refractivity contribution >= 4 is 24.0 Å². The Morgan fingerprint density at radius 1 is 1.25 bits per heavy atom. The van der Waals surface area contributed by atoms with Crippen molar-refractivity contribution in [2.24, 2.45) is 0 Å². The van der Waals surface area contributed by atoms with Gasteiger partial charge in [0.1, 0.15) is 16.9 Å². The number of hydrogen-bond acceptors (Lipinski definition) is 7. The van der Waals surface area contributed by atoms with Gasteiger partial charge in [-0.15, -0.1) is 0 Å². The first-order chi connectivity index (χ1) is 15.5. The monoisotopic (exact) mass is 437 g/mol. The molecule has 1 unspecified atom stereocenters. The number of rotatable bonds is 7. The molecule has 32 heavy (non-hydrogen) atoms. The third-order valence-corrected chi connectivity index (χ3v) is 6.13. The number of furan rings is 1. The average molecular weight is 437 g/mol. The van der Waals surface area contributed by atoms with Crippen molar-refractivity contribution in [2.45, 2.75) is 31.0 Å². The van der Waals surface area contributed by atoms with Crippen LogP contribution in [0, 0.1) is 0 Å². The lowest BCUT2D eigenvalue weighted by molar-refractivity contribution is -0.123. The summed E-state index contributed by atoms with van der Waals surface area (Å²) in [6.07, 6.45) is 2.61. The quantitative estimate of drug-likeness (QED) is 0.483. The standard InChI is InChI=1S/C23H24BNO7/c26-22(25-21(24(27)28)10-15-11-31-20-4-2-1-3-18(15)20)13-30-17-5-6-19-16(9-17)12-32-23(19)7-8-29-14-23/h1-6,9,11,21,27-28H,7-8,10,12-14H2,(H,25,26)/t21-,23?/m0/s1. The second-order valence-corrected chi connectivity index (χ2v) is 8.24. The summed E-state index contributed by atoms with van der Waals surface area (Å²) in [5.74, 6) is -0.795. The second-order valence-electron chi connectivity index (χ2n) is 8.24. The molecule has 9 heteroatoms. The molecule has 2 aliphatic heterocycles. The smallest absolute Gasteiger partial charge is 0.475 e. The van der Waals surface area contributed by atoms with Gasteiger partial charge in [-0.25, -0.2) is 0 Å². The molecule has 1 fully saturated rings. The molecule has 2 aromatic carbocycles. The molecule has 0 bridgehead atoms. The Bertz CT molecular complexity index is 1120. The largest absolute Gasteiger partial charge is 0.484 e. The number of nitrogens with one attached hydrogen (secondary N) is 1. The summed E-state index contributed by atoms with van der Waals surface area (Å²) in [5, 5.41) is 23.0. The molecular weight excluding hydrogens is 413 g/mol. The van der Waals surface area contributed by atoms with Crippen molar-refractivity contribution in [1.82, 2.24) is 5.32 Å². The van der Waals surface area contributed by atoms with Gasteiger partial charge in [-0.1, -0.05) is 24.3 Å². The van der Waals surface area contributed by atoms with Crippen LogP contribution in [0.3, 0.4) is 0 Å². The number of ether oxygens (including phenoxy) is 3. The van der Waals surface area contributed by atoms with E-state index < -0.39 is 19.0 Å². The summed E-state index contributed by atoms with van der Waals surface area (Å²) in [7, 11) is -1.73. The van der Waals surface area contributed by atoms with E-state index in [2.05, 4.69) is 5.32 Å². The zero-order chi connectivity index (χ0) is 22.1. The molecule has 1 saturated heterocycles. The van der Waals surface area contributed by atoms with Crippen molar-refractivity contribution in [2.75, 3.05) is 19.8 Å². The van der Waals surface area contributed by atoms with Gasteiger partial charge in [0.15, 0.2) is 6.61 Å². The van der Waals surface area contributed by atoms with E-state index in [1.54, 1.807) is 6.26 Å². The highest BCUT2D eigenvalue weighted by Crippen LogP contribution is 2.43. The molecule has 3 heterocycles. The number of fused-ring (bicyclic) bond motifs is 3. The predicted octanol–water partition coefficient (Wildman–Crippen LogP) is 1.70. The zero-order valence-electron chi connectivity index (χ0n) is 17.5. The van der Waals surface area contributed by atoms with Crippen LogP contribution in [0.5, 0.6) is 5.75 Å². The molecule has 1 spiro atoms. The Kier molecular flexibility index (Phi) is 5.65.